The number of carbonyl (C=O) groups excluding carboxylic acids is 2. The lowest BCUT2D eigenvalue weighted by atomic mass is 10.0. The van der Waals surface area contributed by atoms with Crippen LogP contribution in [0.3, 0.4) is 0 Å². The molecule has 0 saturated carbocycles. The normalized spacial score (nSPS) is 23.2. The van der Waals surface area contributed by atoms with Gasteiger partial charge in [-0.1, -0.05) is 50.3 Å². The molecule has 1 aliphatic heterocycles. The second kappa shape index (κ2) is 11.6. The van der Waals surface area contributed by atoms with E-state index in [1.165, 1.54) is 17.9 Å². The quantitative estimate of drug-likeness (QED) is 0.479. The van der Waals surface area contributed by atoms with Gasteiger partial charge in [-0.3, -0.25) is 14.5 Å². The van der Waals surface area contributed by atoms with Crippen LogP contribution in [0.15, 0.2) is 48.6 Å². The van der Waals surface area contributed by atoms with Crippen LogP contribution in [0.4, 0.5) is 0 Å². The minimum absolute atomic E-state index is 0.00773. The molecule has 0 aliphatic carbocycles. The molecule has 5 nitrogen and oxygen atoms in total. The maximum absolute atomic E-state index is 11.9. The number of hydrogen-bond donors (Lipinski definition) is 2. The van der Waals surface area contributed by atoms with Crippen molar-refractivity contribution in [3.63, 3.8) is 0 Å². The summed E-state index contributed by atoms with van der Waals surface area (Å²) in [5, 5.41) is 2.75. The van der Waals surface area contributed by atoms with Gasteiger partial charge in [0, 0.05) is 6.08 Å². The molecule has 1 heterocycles. The molecule has 2 N–H and O–H groups in total. The number of quaternary nitrogens is 1. The molecule has 1 rings (SSSR count). The van der Waals surface area contributed by atoms with Gasteiger partial charge in [0.2, 0.25) is 5.91 Å². The number of nitrogens with zero attached hydrogens (tertiary/aromatic N) is 1. The highest BCUT2D eigenvalue weighted by atomic mass is 16.2. The molecular weight excluding hydrogens is 326 g/mol. The summed E-state index contributed by atoms with van der Waals surface area (Å²) in [6, 6.07) is 0.133. The van der Waals surface area contributed by atoms with Crippen LogP contribution in [0.2, 0.25) is 0 Å². The summed E-state index contributed by atoms with van der Waals surface area (Å²) in [6.45, 7) is 7.74. The Balaban J connectivity index is 2.35. The van der Waals surface area contributed by atoms with Crippen molar-refractivity contribution in [1.29, 1.82) is 0 Å². The predicted molar refractivity (Wildman–Crippen MR) is 107 cm³/mol. The molecule has 0 bridgehead atoms. The summed E-state index contributed by atoms with van der Waals surface area (Å²) in [6.07, 6.45) is 15.7. The molecule has 0 spiro atoms. The zero-order chi connectivity index (χ0) is 19.5. The van der Waals surface area contributed by atoms with Crippen LogP contribution in [0, 0.1) is 5.92 Å². The van der Waals surface area contributed by atoms with Gasteiger partial charge < -0.3 is 10.2 Å². The van der Waals surface area contributed by atoms with Gasteiger partial charge in [0.1, 0.15) is 12.7 Å². The minimum Gasteiger partial charge on any atom is -0.343 e. The first-order chi connectivity index (χ1) is 12.3. The van der Waals surface area contributed by atoms with E-state index in [1.807, 2.05) is 32.1 Å². The number of ketones is 1. The van der Waals surface area contributed by atoms with Crippen molar-refractivity contribution in [2.75, 3.05) is 27.3 Å². The van der Waals surface area contributed by atoms with Gasteiger partial charge in [-0.2, -0.15) is 0 Å². The van der Waals surface area contributed by atoms with Crippen LogP contribution in [-0.4, -0.2) is 56.0 Å². The molecule has 0 aromatic carbocycles. The van der Waals surface area contributed by atoms with Crippen LogP contribution in [0.25, 0.3) is 0 Å². The lowest BCUT2D eigenvalue weighted by Crippen LogP contribution is -3.11. The summed E-state index contributed by atoms with van der Waals surface area (Å²) < 4.78 is 0. The van der Waals surface area contributed by atoms with Crippen LogP contribution in [0.5, 0.6) is 0 Å². The van der Waals surface area contributed by atoms with Gasteiger partial charge in [-0.25, -0.2) is 0 Å². The fourth-order valence-corrected chi connectivity index (χ4v) is 2.94. The van der Waals surface area contributed by atoms with Gasteiger partial charge >= 0.3 is 0 Å². The third-order valence-electron chi connectivity index (χ3n) is 4.32. The molecular formula is C21H34N3O2+. The number of likely N-dealkylation sites (N-methyl/N-ethyl adjacent to an activating group) is 2. The van der Waals surface area contributed by atoms with Gasteiger partial charge in [0.25, 0.3) is 0 Å². The number of rotatable bonds is 9. The first-order valence-electron chi connectivity index (χ1n) is 9.29. The third-order valence-corrected chi connectivity index (χ3v) is 4.32. The summed E-state index contributed by atoms with van der Waals surface area (Å²) >= 11 is 0. The molecule has 2 unspecified atom stereocenters. The van der Waals surface area contributed by atoms with Crippen molar-refractivity contribution >= 4 is 11.7 Å². The van der Waals surface area contributed by atoms with E-state index in [-0.39, 0.29) is 11.7 Å². The van der Waals surface area contributed by atoms with Crippen molar-refractivity contribution in [2.24, 2.45) is 5.92 Å². The van der Waals surface area contributed by atoms with Crippen molar-refractivity contribution in [2.45, 2.75) is 39.3 Å². The molecule has 26 heavy (non-hydrogen) atoms. The standard InChI is InChI=1S/C21H33N3O2/c1-17(2)14-20(18(3)25)22-21(26)13-11-9-7-6-8-10-12-19-15-23(4)16-24(19)5/h6-13,17,19-20H,14-16H2,1-5H3,(H,22,26)/p+1/t19?,20-/m0/s1. The lowest BCUT2D eigenvalue weighted by Gasteiger charge is -2.16. The zero-order valence-corrected chi connectivity index (χ0v) is 16.7. The minimum atomic E-state index is -0.406. The van der Waals surface area contributed by atoms with E-state index >= 15 is 0 Å². The molecule has 144 valence electrons. The van der Waals surface area contributed by atoms with E-state index in [2.05, 4.69) is 36.5 Å². The van der Waals surface area contributed by atoms with Crippen LogP contribution < -0.4 is 10.2 Å². The molecule has 0 aromatic heterocycles. The molecule has 0 radical (unpaired) electrons. The zero-order valence-electron chi connectivity index (χ0n) is 16.7. The predicted octanol–water partition coefficient (Wildman–Crippen LogP) is 1.12. The van der Waals surface area contributed by atoms with Crippen LogP contribution in [0.1, 0.15) is 27.2 Å². The smallest absolute Gasteiger partial charge is 0.244 e. The monoisotopic (exact) mass is 360 g/mol. The number of nitrogens with one attached hydrogen (secondary N) is 2. The molecule has 1 amide bonds. The SMILES string of the molecule is CC(=O)[C@H](CC(C)C)NC(=O)C=CC=CC=CC=CC1CN(C)C[NH+]1C. The highest BCUT2D eigenvalue weighted by Gasteiger charge is 2.25. The van der Waals surface area contributed by atoms with Gasteiger partial charge in [0.15, 0.2) is 5.78 Å². The largest absolute Gasteiger partial charge is 0.343 e. The average Bonchev–Trinajstić information content (AvgIpc) is 2.86. The van der Waals surface area contributed by atoms with E-state index in [1.54, 1.807) is 12.2 Å². The Morgan fingerprint density at radius 2 is 1.77 bits per heavy atom. The molecule has 3 atom stereocenters. The van der Waals surface area contributed by atoms with Gasteiger partial charge in [-0.05, 0) is 32.4 Å². The van der Waals surface area contributed by atoms with Crippen LogP contribution >= 0.6 is 0 Å². The number of hydrogen-bond acceptors (Lipinski definition) is 3. The Hall–Kier alpha value is -1.98. The summed E-state index contributed by atoms with van der Waals surface area (Å²) in [7, 11) is 4.34. The number of allylic oxidation sites excluding steroid dienone is 6. The maximum atomic E-state index is 11.9. The topological polar surface area (TPSA) is 53.9 Å². The highest BCUT2D eigenvalue weighted by molar-refractivity contribution is 5.92. The van der Waals surface area contributed by atoms with E-state index in [0.29, 0.717) is 18.4 Å². The first kappa shape index (κ1) is 22.1. The highest BCUT2D eigenvalue weighted by Crippen LogP contribution is 2.05. The molecule has 5 heteroatoms. The van der Waals surface area contributed by atoms with E-state index in [9.17, 15) is 9.59 Å². The Morgan fingerprint density at radius 1 is 1.15 bits per heavy atom. The lowest BCUT2D eigenvalue weighted by molar-refractivity contribution is -0.888. The van der Waals surface area contributed by atoms with Crippen LogP contribution in [-0.2, 0) is 9.59 Å². The average molecular weight is 361 g/mol. The number of Topliss-reactive ketones (excluding diaryl/α,β-unsaturated/α-hetero) is 1. The first-order valence-corrected chi connectivity index (χ1v) is 9.29. The second-order valence-electron chi connectivity index (χ2n) is 7.46. The molecule has 0 aromatic rings. The second-order valence-corrected chi connectivity index (χ2v) is 7.46. The third kappa shape index (κ3) is 8.92. The van der Waals surface area contributed by atoms with Crippen molar-refractivity contribution in [1.82, 2.24) is 10.2 Å². The van der Waals surface area contributed by atoms with Crippen molar-refractivity contribution in [3.8, 4) is 0 Å². The summed E-state index contributed by atoms with van der Waals surface area (Å²) in [5.41, 5.74) is 0. The Bertz CT molecular complexity index is 576. The van der Waals surface area contributed by atoms with Crippen molar-refractivity contribution in [3.05, 3.63) is 48.6 Å². The maximum Gasteiger partial charge on any atom is 0.244 e. The molecule has 1 fully saturated rings. The summed E-state index contributed by atoms with van der Waals surface area (Å²) in [4.78, 5) is 27.2. The fourth-order valence-electron chi connectivity index (χ4n) is 2.94. The van der Waals surface area contributed by atoms with Gasteiger partial charge in [-0.15, -0.1) is 0 Å². The number of carbonyl (C=O) groups is 2. The Labute approximate surface area is 158 Å². The Morgan fingerprint density at radius 3 is 2.31 bits per heavy atom. The molecule has 1 saturated heterocycles. The fraction of sp³-hybridized carbons (Fsp3) is 0.524. The van der Waals surface area contributed by atoms with Gasteiger partial charge in [0.05, 0.1) is 19.6 Å². The summed E-state index contributed by atoms with van der Waals surface area (Å²) in [5.74, 6) is 0.111. The van der Waals surface area contributed by atoms with E-state index in [0.717, 1.165) is 13.2 Å². The molecule has 1 aliphatic rings. The number of amides is 1. The van der Waals surface area contributed by atoms with Crippen molar-refractivity contribution < 1.29 is 14.5 Å². The van der Waals surface area contributed by atoms with E-state index in [4.69, 9.17) is 0 Å². The van der Waals surface area contributed by atoms with E-state index < -0.39 is 6.04 Å². The Kier molecular flexibility index (Phi) is 9.84.